The predicted octanol–water partition coefficient (Wildman–Crippen LogP) is 5.49. The molecule has 0 radical (unpaired) electrons. The van der Waals surface area contributed by atoms with Gasteiger partial charge in [0.05, 0.1) is 0 Å². The van der Waals surface area contributed by atoms with E-state index in [1.165, 1.54) is 50.9 Å². The quantitative estimate of drug-likeness (QED) is 0.337. The van der Waals surface area contributed by atoms with E-state index >= 15 is 0 Å². The van der Waals surface area contributed by atoms with Crippen LogP contribution in [-0.2, 0) is 38.5 Å². The molecule has 0 saturated carbocycles. The minimum Gasteiger partial charge on any atom is -1.00 e. The Labute approximate surface area is 288 Å². The SMILES string of the molecule is CCC1=[C]([Zr+2]([C]2=C(C)c3cc4c(cc3C2(C)C)Cc2cc3c(cc2-4)C(C)=CC3(C)C)=[C](C)C)C(CC)C=C1C(C)(C)C.[Cl-].[Cl-]. The standard InChI is InChI=1S/C25H25.C13H21.C3H6.2ClH.Zr/c1-14-12-24(3,4)22-8-16-7-17-9-23-19(15(2)13-25(23,5)6)11-21(17)20(16)10-18(14)22;1-6-10-8-11(7-2)12(9-10)13(3,4)5;1-3-2;;;/h8-12H,7H2,1-6H3;9-10H,6-7H2,1-5H3;1-2H3;2*1H;/q;;;;;+2/p-2. The topological polar surface area (TPSA) is 0 Å². The zero-order chi connectivity index (χ0) is 30.7. The molecule has 1 unspecified atom stereocenters. The zero-order valence-electron chi connectivity index (χ0n) is 29.4. The van der Waals surface area contributed by atoms with Crippen molar-refractivity contribution in [3.63, 3.8) is 0 Å². The molecule has 6 rings (SSSR count). The van der Waals surface area contributed by atoms with Crippen molar-refractivity contribution in [2.24, 2.45) is 11.3 Å². The van der Waals surface area contributed by atoms with Gasteiger partial charge in [-0.3, -0.25) is 0 Å². The number of hydrogen-bond acceptors (Lipinski definition) is 0. The smallest absolute Gasteiger partial charge is 1.00 e. The number of rotatable bonds is 4. The van der Waals surface area contributed by atoms with Crippen LogP contribution in [0.3, 0.4) is 0 Å². The van der Waals surface area contributed by atoms with Gasteiger partial charge in [-0.25, -0.2) is 0 Å². The van der Waals surface area contributed by atoms with E-state index in [0.29, 0.717) is 5.92 Å². The van der Waals surface area contributed by atoms with Crippen molar-refractivity contribution in [2.75, 3.05) is 0 Å². The molecule has 234 valence electrons. The molecule has 0 aliphatic heterocycles. The van der Waals surface area contributed by atoms with Gasteiger partial charge in [0.1, 0.15) is 0 Å². The number of benzene rings is 2. The maximum Gasteiger partial charge on any atom is -1.00 e. The molecule has 4 aliphatic carbocycles. The molecular formula is C41H52Cl2Zr. The molecule has 0 aromatic heterocycles. The van der Waals surface area contributed by atoms with Crippen LogP contribution in [0.15, 0.2) is 54.1 Å². The third kappa shape index (κ3) is 5.15. The second-order valence-electron chi connectivity index (χ2n) is 15.9. The van der Waals surface area contributed by atoms with Crippen LogP contribution in [0.1, 0.15) is 136 Å². The maximum atomic E-state index is 2.68. The van der Waals surface area contributed by atoms with Gasteiger partial charge >= 0.3 is 266 Å². The predicted molar refractivity (Wildman–Crippen MR) is 182 cm³/mol. The summed E-state index contributed by atoms with van der Waals surface area (Å²) < 4.78 is 5.45. The second-order valence-corrected chi connectivity index (χ2v) is 22.8. The minimum atomic E-state index is -2.35. The molecule has 4 aliphatic rings. The zero-order valence-corrected chi connectivity index (χ0v) is 33.4. The molecule has 0 nitrogen and oxygen atoms in total. The summed E-state index contributed by atoms with van der Waals surface area (Å²) in [6.45, 7) is 31.7. The molecule has 0 amide bonds. The summed E-state index contributed by atoms with van der Waals surface area (Å²) in [5.41, 5.74) is 18.9. The third-order valence-corrected chi connectivity index (χ3v) is 20.1. The van der Waals surface area contributed by atoms with Crippen molar-refractivity contribution in [3.05, 3.63) is 87.5 Å². The maximum absolute atomic E-state index is 2.68. The van der Waals surface area contributed by atoms with Gasteiger partial charge in [-0.15, -0.1) is 0 Å². The summed E-state index contributed by atoms with van der Waals surface area (Å²) in [4.78, 5) is 0. The molecule has 0 saturated heterocycles. The van der Waals surface area contributed by atoms with Crippen LogP contribution in [-0.4, -0.2) is 3.21 Å². The van der Waals surface area contributed by atoms with Crippen LogP contribution in [0.5, 0.6) is 0 Å². The van der Waals surface area contributed by atoms with Crippen molar-refractivity contribution in [1.82, 2.24) is 0 Å². The number of allylic oxidation sites excluding steroid dienone is 8. The van der Waals surface area contributed by atoms with E-state index in [4.69, 9.17) is 0 Å². The van der Waals surface area contributed by atoms with E-state index in [2.05, 4.69) is 126 Å². The van der Waals surface area contributed by atoms with Crippen molar-refractivity contribution in [2.45, 2.75) is 120 Å². The van der Waals surface area contributed by atoms with E-state index < -0.39 is 21.3 Å². The Morgan fingerprint density at radius 3 is 1.93 bits per heavy atom. The van der Waals surface area contributed by atoms with Crippen LogP contribution < -0.4 is 24.8 Å². The van der Waals surface area contributed by atoms with Crippen LogP contribution in [0.2, 0.25) is 0 Å². The Bertz CT molecular complexity index is 1720. The molecule has 0 spiro atoms. The van der Waals surface area contributed by atoms with E-state index in [-0.39, 0.29) is 41.1 Å². The number of fused-ring (bicyclic) bond motifs is 5. The van der Waals surface area contributed by atoms with Gasteiger partial charge in [-0.05, 0) is 0 Å². The molecule has 0 bridgehead atoms. The van der Waals surface area contributed by atoms with E-state index in [1.54, 1.807) is 25.5 Å². The molecule has 3 heteroatoms. The summed E-state index contributed by atoms with van der Waals surface area (Å²) >= 11 is -2.35. The van der Waals surface area contributed by atoms with Crippen LogP contribution >= 0.6 is 0 Å². The first-order valence-electron chi connectivity index (χ1n) is 16.4. The average molecular weight is 707 g/mol. The third-order valence-electron chi connectivity index (χ3n) is 10.9. The van der Waals surface area contributed by atoms with Gasteiger partial charge in [0.2, 0.25) is 0 Å². The fourth-order valence-electron chi connectivity index (χ4n) is 9.06. The minimum absolute atomic E-state index is 0. The largest absolute Gasteiger partial charge is 1.00 e. The van der Waals surface area contributed by atoms with Gasteiger partial charge in [-0.2, -0.15) is 0 Å². The molecular weight excluding hydrogens is 655 g/mol. The van der Waals surface area contributed by atoms with Gasteiger partial charge in [0.25, 0.3) is 0 Å². The van der Waals surface area contributed by atoms with Crippen molar-refractivity contribution < 1.29 is 46.1 Å². The second kappa shape index (κ2) is 11.8. The van der Waals surface area contributed by atoms with Gasteiger partial charge in [-0.1, -0.05) is 0 Å². The Morgan fingerprint density at radius 2 is 1.41 bits per heavy atom. The Hall–Kier alpha value is -1.27. The first-order chi connectivity index (χ1) is 19.5. The molecule has 1 atom stereocenters. The van der Waals surface area contributed by atoms with E-state index in [1.807, 2.05) is 6.56 Å². The fraction of sp³-hybridized carbons (Fsp3) is 0.488. The Morgan fingerprint density at radius 1 is 0.841 bits per heavy atom. The summed E-state index contributed by atoms with van der Waals surface area (Å²) in [5.74, 6) is 0.609. The van der Waals surface area contributed by atoms with E-state index in [9.17, 15) is 0 Å². The number of halogens is 2. The summed E-state index contributed by atoms with van der Waals surface area (Å²) in [6.07, 6.45) is 8.59. The molecule has 0 fully saturated rings. The fourth-order valence-corrected chi connectivity index (χ4v) is 18.5. The molecule has 0 N–H and O–H groups in total. The van der Waals surface area contributed by atoms with Crippen molar-refractivity contribution in [3.8, 4) is 11.1 Å². The van der Waals surface area contributed by atoms with Crippen LogP contribution in [0.4, 0.5) is 0 Å². The molecule has 2 aromatic carbocycles. The average Bonchev–Trinajstić information content (AvgIpc) is 3.56. The monoisotopic (exact) mass is 704 g/mol. The van der Waals surface area contributed by atoms with Crippen molar-refractivity contribution in [1.29, 1.82) is 0 Å². The normalized spacial score (nSPS) is 20.1. The van der Waals surface area contributed by atoms with Gasteiger partial charge in [0, 0.05) is 0 Å². The Kier molecular flexibility index (Phi) is 9.51. The van der Waals surface area contributed by atoms with Gasteiger partial charge in [0.15, 0.2) is 0 Å². The summed E-state index contributed by atoms with van der Waals surface area (Å²) in [5, 5.41) is 0. The first kappa shape index (κ1) is 35.6. The van der Waals surface area contributed by atoms with Crippen LogP contribution in [0.25, 0.3) is 22.3 Å². The first-order valence-corrected chi connectivity index (χ1v) is 20.1. The molecule has 44 heavy (non-hydrogen) atoms. The molecule has 0 heterocycles. The summed E-state index contributed by atoms with van der Waals surface area (Å²) in [7, 11) is 0. The van der Waals surface area contributed by atoms with Crippen LogP contribution in [0, 0.1) is 11.3 Å². The van der Waals surface area contributed by atoms with E-state index in [0.717, 1.165) is 12.8 Å². The number of hydrogen-bond donors (Lipinski definition) is 0. The van der Waals surface area contributed by atoms with Crippen molar-refractivity contribution >= 4 is 14.4 Å². The van der Waals surface area contributed by atoms with Gasteiger partial charge < -0.3 is 24.8 Å². The Balaban J connectivity index is 0.00000221. The molecule has 2 aromatic rings. The summed E-state index contributed by atoms with van der Waals surface area (Å²) in [6, 6.07) is 10.3.